The van der Waals surface area contributed by atoms with Crippen LogP contribution in [-0.4, -0.2) is 24.4 Å². The summed E-state index contributed by atoms with van der Waals surface area (Å²) in [6.07, 6.45) is 0. The number of nitrogens with zero attached hydrogens (tertiary/aromatic N) is 1. The summed E-state index contributed by atoms with van der Waals surface area (Å²) in [5.41, 5.74) is 1.14. The van der Waals surface area contributed by atoms with Gasteiger partial charge in [0.15, 0.2) is 0 Å². The average molecular weight is 363 g/mol. The molecule has 8 nitrogen and oxygen atoms in total. The summed E-state index contributed by atoms with van der Waals surface area (Å²) in [4.78, 5) is 35.6. The molecule has 4 amide bonds. The van der Waals surface area contributed by atoms with Crippen molar-refractivity contribution in [2.45, 2.75) is 12.5 Å². The largest absolute Gasteiger partial charge is 0.376 e. The molecular weight excluding hydrogens is 346 g/mol. The van der Waals surface area contributed by atoms with E-state index in [-0.39, 0.29) is 12.5 Å². The highest BCUT2D eigenvalue weighted by molar-refractivity contribution is 6.07. The zero-order chi connectivity index (χ0) is 19.4. The topological polar surface area (TPSA) is 123 Å². The van der Waals surface area contributed by atoms with Crippen LogP contribution in [0.25, 0.3) is 0 Å². The highest BCUT2D eigenvalue weighted by atomic mass is 16.2. The number of imide groups is 1. The molecule has 0 saturated carbocycles. The van der Waals surface area contributed by atoms with Crippen LogP contribution in [0.5, 0.6) is 0 Å². The summed E-state index contributed by atoms with van der Waals surface area (Å²) in [5, 5.41) is 19.3. The Labute approximate surface area is 155 Å². The second kappa shape index (κ2) is 7.17. The minimum absolute atomic E-state index is 0.0324. The van der Waals surface area contributed by atoms with Crippen molar-refractivity contribution in [3.63, 3.8) is 0 Å². The first kappa shape index (κ1) is 17.9. The Morgan fingerprint density at radius 1 is 1.15 bits per heavy atom. The molecule has 1 fully saturated rings. The summed E-state index contributed by atoms with van der Waals surface area (Å²) < 4.78 is 0. The fourth-order valence-electron chi connectivity index (χ4n) is 2.70. The molecule has 0 radical (unpaired) electrons. The Balaban J connectivity index is 1.64. The number of amides is 4. The van der Waals surface area contributed by atoms with Gasteiger partial charge in [-0.2, -0.15) is 5.26 Å². The van der Waals surface area contributed by atoms with Crippen molar-refractivity contribution in [2.24, 2.45) is 0 Å². The molecule has 2 aromatic rings. The molecule has 0 aliphatic carbocycles. The van der Waals surface area contributed by atoms with Crippen molar-refractivity contribution >= 4 is 29.2 Å². The maximum absolute atomic E-state index is 12.2. The minimum Gasteiger partial charge on any atom is -0.376 e. The van der Waals surface area contributed by atoms with E-state index in [0.29, 0.717) is 16.8 Å². The average Bonchev–Trinajstić information content (AvgIpc) is 2.93. The quantitative estimate of drug-likeness (QED) is 0.602. The molecule has 1 saturated heterocycles. The number of rotatable bonds is 5. The first-order valence-electron chi connectivity index (χ1n) is 8.19. The molecule has 0 aromatic heterocycles. The molecule has 2 aromatic carbocycles. The van der Waals surface area contributed by atoms with Gasteiger partial charge in [-0.15, -0.1) is 0 Å². The van der Waals surface area contributed by atoms with Crippen LogP contribution in [0.1, 0.15) is 18.1 Å². The number of hydrogen-bond donors (Lipinski definition) is 4. The van der Waals surface area contributed by atoms with Gasteiger partial charge in [0.25, 0.3) is 5.91 Å². The van der Waals surface area contributed by atoms with Crippen molar-refractivity contribution in [3.8, 4) is 6.07 Å². The first-order valence-corrected chi connectivity index (χ1v) is 8.19. The summed E-state index contributed by atoms with van der Waals surface area (Å²) in [5.74, 6) is -0.722. The highest BCUT2D eigenvalue weighted by Gasteiger charge is 2.43. The monoisotopic (exact) mass is 363 g/mol. The molecule has 3 rings (SSSR count). The van der Waals surface area contributed by atoms with Crippen LogP contribution in [0.2, 0.25) is 0 Å². The van der Waals surface area contributed by atoms with Crippen LogP contribution >= 0.6 is 0 Å². The third-order valence-corrected chi connectivity index (χ3v) is 4.24. The van der Waals surface area contributed by atoms with Gasteiger partial charge < -0.3 is 16.0 Å². The van der Waals surface area contributed by atoms with Gasteiger partial charge in [-0.25, -0.2) is 4.79 Å². The standard InChI is InChI=1S/C19H17N5O3/c1-19(17(26)23-18(27)24-19)13-3-2-4-15(9-13)22-16(25)11-21-14-7-5-12(10-20)6-8-14/h2-9,21H,11H2,1H3,(H,22,25)(H2,23,24,26,27). The summed E-state index contributed by atoms with van der Waals surface area (Å²) in [6.45, 7) is 1.63. The molecule has 0 spiro atoms. The highest BCUT2D eigenvalue weighted by Crippen LogP contribution is 2.26. The fraction of sp³-hybridized carbons (Fsp3) is 0.158. The molecule has 1 aliphatic rings. The van der Waals surface area contributed by atoms with E-state index < -0.39 is 17.5 Å². The molecular formula is C19H17N5O3. The maximum Gasteiger partial charge on any atom is 0.322 e. The lowest BCUT2D eigenvalue weighted by Gasteiger charge is -2.21. The zero-order valence-electron chi connectivity index (χ0n) is 14.5. The van der Waals surface area contributed by atoms with Crippen LogP contribution in [-0.2, 0) is 15.1 Å². The van der Waals surface area contributed by atoms with E-state index in [9.17, 15) is 14.4 Å². The van der Waals surface area contributed by atoms with Gasteiger partial charge in [-0.1, -0.05) is 12.1 Å². The van der Waals surface area contributed by atoms with E-state index in [1.54, 1.807) is 55.5 Å². The third kappa shape index (κ3) is 3.88. The van der Waals surface area contributed by atoms with Crippen LogP contribution in [0.3, 0.4) is 0 Å². The molecule has 1 aliphatic heterocycles. The van der Waals surface area contributed by atoms with E-state index >= 15 is 0 Å². The second-order valence-electron chi connectivity index (χ2n) is 6.20. The molecule has 27 heavy (non-hydrogen) atoms. The Morgan fingerprint density at radius 2 is 1.89 bits per heavy atom. The number of nitriles is 1. The van der Waals surface area contributed by atoms with E-state index in [2.05, 4.69) is 21.3 Å². The van der Waals surface area contributed by atoms with Crippen molar-refractivity contribution in [2.75, 3.05) is 17.2 Å². The van der Waals surface area contributed by atoms with Crippen LogP contribution in [0.15, 0.2) is 48.5 Å². The van der Waals surface area contributed by atoms with Crippen molar-refractivity contribution in [1.29, 1.82) is 5.26 Å². The molecule has 1 heterocycles. The summed E-state index contributed by atoms with van der Waals surface area (Å²) in [7, 11) is 0. The van der Waals surface area contributed by atoms with Gasteiger partial charge in [-0.3, -0.25) is 14.9 Å². The van der Waals surface area contributed by atoms with Crippen molar-refractivity contribution in [3.05, 3.63) is 59.7 Å². The van der Waals surface area contributed by atoms with E-state index in [1.807, 2.05) is 6.07 Å². The van der Waals surface area contributed by atoms with Crippen LogP contribution in [0, 0.1) is 11.3 Å². The number of carbonyl (C=O) groups excluding carboxylic acids is 3. The third-order valence-electron chi connectivity index (χ3n) is 4.24. The summed E-state index contributed by atoms with van der Waals surface area (Å²) >= 11 is 0. The Hall–Kier alpha value is -3.86. The van der Waals surface area contributed by atoms with Crippen LogP contribution < -0.4 is 21.3 Å². The maximum atomic E-state index is 12.2. The molecule has 8 heteroatoms. The van der Waals surface area contributed by atoms with Gasteiger partial charge in [0, 0.05) is 11.4 Å². The van der Waals surface area contributed by atoms with Gasteiger partial charge >= 0.3 is 6.03 Å². The lowest BCUT2D eigenvalue weighted by molar-refractivity contribution is -0.123. The van der Waals surface area contributed by atoms with Gasteiger partial charge in [-0.05, 0) is 48.9 Å². The molecule has 1 unspecified atom stereocenters. The second-order valence-corrected chi connectivity index (χ2v) is 6.20. The Kier molecular flexibility index (Phi) is 4.77. The number of hydrogen-bond acceptors (Lipinski definition) is 5. The molecule has 1 atom stereocenters. The van der Waals surface area contributed by atoms with E-state index in [4.69, 9.17) is 5.26 Å². The molecule has 136 valence electrons. The van der Waals surface area contributed by atoms with Gasteiger partial charge in [0.2, 0.25) is 5.91 Å². The van der Waals surface area contributed by atoms with E-state index in [1.165, 1.54) is 0 Å². The van der Waals surface area contributed by atoms with Crippen molar-refractivity contribution in [1.82, 2.24) is 10.6 Å². The SMILES string of the molecule is CC1(c2cccc(NC(=O)CNc3ccc(C#N)cc3)c2)NC(=O)NC1=O. The number of nitrogens with one attached hydrogen (secondary N) is 4. The fourth-order valence-corrected chi connectivity index (χ4v) is 2.70. The first-order chi connectivity index (χ1) is 12.9. The lowest BCUT2D eigenvalue weighted by Crippen LogP contribution is -2.40. The van der Waals surface area contributed by atoms with Gasteiger partial charge in [0.1, 0.15) is 5.54 Å². The van der Waals surface area contributed by atoms with Gasteiger partial charge in [0.05, 0.1) is 18.2 Å². The molecule has 4 N–H and O–H groups in total. The number of urea groups is 1. The number of benzene rings is 2. The molecule has 0 bridgehead atoms. The summed E-state index contributed by atoms with van der Waals surface area (Å²) in [6, 6.07) is 15.0. The predicted molar refractivity (Wildman–Crippen MR) is 98.7 cm³/mol. The lowest BCUT2D eigenvalue weighted by atomic mass is 9.92. The van der Waals surface area contributed by atoms with Crippen molar-refractivity contribution < 1.29 is 14.4 Å². The van der Waals surface area contributed by atoms with E-state index in [0.717, 1.165) is 5.69 Å². The smallest absolute Gasteiger partial charge is 0.322 e. The Bertz CT molecular complexity index is 949. The zero-order valence-corrected chi connectivity index (χ0v) is 14.5. The Morgan fingerprint density at radius 3 is 2.52 bits per heavy atom. The normalized spacial score (nSPS) is 18.2. The number of anilines is 2. The predicted octanol–water partition coefficient (Wildman–Crippen LogP) is 1.66. The van der Waals surface area contributed by atoms with Crippen LogP contribution in [0.4, 0.5) is 16.2 Å². The number of carbonyl (C=O) groups is 3. The minimum atomic E-state index is -1.18.